The van der Waals surface area contributed by atoms with Gasteiger partial charge in [-0.05, 0) is 6.42 Å². The number of hydrogen-bond donors (Lipinski definition) is 0. The Bertz CT molecular complexity index is 360. The molecular weight excluding hydrogens is 296 g/mol. The van der Waals surface area contributed by atoms with Gasteiger partial charge in [0, 0.05) is 0 Å². The molecule has 0 aromatic heterocycles. The summed E-state index contributed by atoms with van der Waals surface area (Å²) in [5.74, 6) is -1.58. The Hall–Kier alpha value is -1.22. The lowest BCUT2D eigenvalue weighted by Gasteiger charge is -2.25. The quantitative estimate of drug-likeness (QED) is 0.643. The largest absolute Gasteiger partial charge is 0.433 e. The Kier molecular flexibility index (Phi) is 7.04. The molecule has 8 nitrogen and oxygen atoms in total. The SMILES string of the molecule is CCC(CC(=O)OC1COCCO1)C(=O)OC1COCCO1. The van der Waals surface area contributed by atoms with Gasteiger partial charge in [0.1, 0.15) is 13.2 Å². The molecule has 3 atom stereocenters. The van der Waals surface area contributed by atoms with Crippen molar-refractivity contribution in [2.24, 2.45) is 5.92 Å². The molecule has 22 heavy (non-hydrogen) atoms. The van der Waals surface area contributed by atoms with Crippen molar-refractivity contribution < 1.29 is 38.0 Å². The topological polar surface area (TPSA) is 89.5 Å². The standard InChI is InChI=1S/C14H22O8/c1-2-10(14(16)22-13-9-18-4-6-20-13)7-11(15)21-12-8-17-3-5-19-12/h10,12-13H,2-9H2,1H3. The van der Waals surface area contributed by atoms with Gasteiger partial charge in [-0.2, -0.15) is 0 Å². The molecule has 2 fully saturated rings. The predicted molar refractivity (Wildman–Crippen MR) is 71.7 cm³/mol. The molecule has 2 rings (SSSR count). The maximum atomic E-state index is 12.0. The van der Waals surface area contributed by atoms with Crippen molar-refractivity contribution in [2.75, 3.05) is 39.6 Å². The number of rotatable bonds is 6. The highest BCUT2D eigenvalue weighted by Gasteiger charge is 2.28. The van der Waals surface area contributed by atoms with E-state index in [9.17, 15) is 9.59 Å². The van der Waals surface area contributed by atoms with Gasteiger partial charge in [0.25, 0.3) is 0 Å². The van der Waals surface area contributed by atoms with Gasteiger partial charge in [-0.1, -0.05) is 6.92 Å². The first-order chi connectivity index (χ1) is 10.7. The molecule has 2 heterocycles. The normalized spacial score (nSPS) is 27.0. The van der Waals surface area contributed by atoms with Crippen LogP contribution in [-0.2, 0) is 38.0 Å². The van der Waals surface area contributed by atoms with E-state index in [4.69, 9.17) is 28.4 Å². The summed E-state index contributed by atoms with van der Waals surface area (Å²) in [5, 5.41) is 0. The third kappa shape index (κ3) is 5.53. The molecule has 8 heteroatoms. The Balaban J connectivity index is 1.74. The van der Waals surface area contributed by atoms with E-state index >= 15 is 0 Å². The van der Waals surface area contributed by atoms with Gasteiger partial charge < -0.3 is 28.4 Å². The molecule has 0 aromatic carbocycles. The number of esters is 2. The first kappa shape index (κ1) is 17.1. The van der Waals surface area contributed by atoms with E-state index in [-0.39, 0.29) is 19.6 Å². The molecule has 2 aliphatic heterocycles. The molecule has 0 spiro atoms. The molecule has 0 saturated carbocycles. The summed E-state index contributed by atoms with van der Waals surface area (Å²) in [7, 11) is 0. The van der Waals surface area contributed by atoms with Crippen molar-refractivity contribution >= 4 is 11.9 Å². The molecule has 2 saturated heterocycles. The molecule has 3 unspecified atom stereocenters. The number of ether oxygens (including phenoxy) is 6. The summed E-state index contributed by atoms with van der Waals surface area (Å²) < 4.78 is 31.1. The van der Waals surface area contributed by atoms with Crippen LogP contribution >= 0.6 is 0 Å². The number of carbonyl (C=O) groups is 2. The highest BCUT2D eigenvalue weighted by molar-refractivity contribution is 5.80. The zero-order chi connectivity index (χ0) is 15.8. The summed E-state index contributed by atoms with van der Waals surface area (Å²) in [6.45, 7) is 3.96. The first-order valence-corrected chi connectivity index (χ1v) is 7.47. The average Bonchev–Trinajstić information content (AvgIpc) is 2.54. The molecule has 0 amide bonds. The van der Waals surface area contributed by atoms with Crippen molar-refractivity contribution in [3.8, 4) is 0 Å². The Labute approximate surface area is 128 Å². The van der Waals surface area contributed by atoms with Crippen molar-refractivity contribution in [3.05, 3.63) is 0 Å². The molecule has 0 aromatic rings. The van der Waals surface area contributed by atoms with Gasteiger partial charge in [-0.25, -0.2) is 0 Å². The number of carbonyl (C=O) groups excluding carboxylic acids is 2. The summed E-state index contributed by atoms with van der Waals surface area (Å²) in [6, 6.07) is 0. The van der Waals surface area contributed by atoms with Gasteiger partial charge in [0.2, 0.25) is 12.6 Å². The van der Waals surface area contributed by atoms with Crippen LogP contribution in [0.2, 0.25) is 0 Å². The fourth-order valence-corrected chi connectivity index (χ4v) is 2.08. The summed E-state index contributed by atoms with van der Waals surface area (Å²) >= 11 is 0. The summed E-state index contributed by atoms with van der Waals surface area (Å²) in [5.41, 5.74) is 0. The van der Waals surface area contributed by atoms with E-state index in [1.807, 2.05) is 0 Å². The maximum Gasteiger partial charge on any atom is 0.311 e. The molecule has 0 radical (unpaired) electrons. The Morgan fingerprint density at radius 3 is 2.09 bits per heavy atom. The minimum Gasteiger partial charge on any atom is -0.433 e. The van der Waals surface area contributed by atoms with E-state index in [1.165, 1.54) is 0 Å². The first-order valence-electron chi connectivity index (χ1n) is 7.47. The fraction of sp³-hybridized carbons (Fsp3) is 0.857. The molecule has 0 bridgehead atoms. The zero-order valence-corrected chi connectivity index (χ0v) is 12.7. The maximum absolute atomic E-state index is 12.0. The minimum absolute atomic E-state index is 0.0667. The van der Waals surface area contributed by atoms with E-state index < -0.39 is 30.4 Å². The average molecular weight is 318 g/mol. The van der Waals surface area contributed by atoms with E-state index in [2.05, 4.69) is 0 Å². The summed E-state index contributed by atoms with van der Waals surface area (Å²) in [6.07, 6.45) is -1.02. The molecule has 0 N–H and O–H groups in total. The van der Waals surface area contributed by atoms with Gasteiger partial charge >= 0.3 is 11.9 Å². The third-order valence-corrected chi connectivity index (χ3v) is 3.32. The monoisotopic (exact) mass is 318 g/mol. The molecular formula is C14H22O8. The van der Waals surface area contributed by atoms with Crippen molar-refractivity contribution in [1.82, 2.24) is 0 Å². The molecule has 0 aliphatic carbocycles. The van der Waals surface area contributed by atoms with Crippen LogP contribution in [0.15, 0.2) is 0 Å². The smallest absolute Gasteiger partial charge is 0.311 e. The van der Waals surface area contributed by atoms with Crippen LogP contribution < -0.4 is 0 Å². The van der Waals surface area contributed by atoms with Crippen LogP contribution in [0.3, 0.4) is 0 Å². The third-order valence-electron chi connectivity index (χ3n) is 3.32. The highest BCUT2D eigenvalue weighted by atomic mass is 16.7. The summed E-state index contributed by atoms with van der Waals surface area (Å²) in [4.78, 5) is 23.9. The van der Waals surface area contributed by atoms with Crippen LogP contribution in [0, 0.1) is 5.92 Å². The second-order valence-electron chi connectivity index (χ2n) is 4.99. The lowest BCUT2D eigenvalue weighted by atomic mass is 10.0. The van der Waals surface area contributed by atoms with E-state index in [1.54, 1.807) is 6.92 Å². The van der Waals surface area contributed by atoms with Crippen molar-refractivity contribution in [3.63, 3.8) is 0 Å². The van der Waals surface area contributed by atoms with Crippen LogP contribution in [-0.4, -0.2) is 64.2 Å². The fourth-order valence-electron chi connectivity index (χ4n) is 2.08. The van der Waals surface area contributed by atoms with Crippen LogP contribution in [0.1, 0.15) is 19.8 Å². The van der Waals surface area contributed by atoms with Crippen LogP contribution in [0.4, 0.5) is 0 Å². The second kappa shape index (κ2) is 9.04. The van der Waals surface area contributed by atoms with Gasteiger partial charge in [0.15, 0.2) is 0 Å². The molecule has 126 valence electrons. The number of hydrogen-bond acceptors (Lipinski definition) is 8. The Morgan fingerprint density at radius 2 is 1.59 bits per heavy atom. The van der Waals surface area contributed by atoms with Crippen LogP contribution in [0.5, 0.6) is 0 Å². The lowest BCUT2D eigenvalue weighted by Crippen LogP contribution is -2.36. The van der Waals surface area contributed by atoms with Crippen molar-refractivity contribution in [2.45, 2.75) is 32.3 Å². The highest BCUT2D eigenvalue weighted by Crippen LogP contribution is 2.16. The van der Waals surface area contributed by atoms with Crippen LogP contribution in [0.25, 0.3) is 0 Å². The van der Waals surface area contributed by atoms with Gasteiger partial charge in [-0.15, -0.1) is 0 Å². The minimum atomic E-state index is -0.707. The van der Waals surface area contributed by atoms with Gasteiger partial charge in [-0.3, -0.25) is 9.59 Å². The van der Waals surface area contributed by atoms with E-state index in [0.717, 1.165) is 0 Å². The Morgan fingerprint density at radius 1 is 1.00 bits per heavy atom. The molecule has 2 aliphatic rings. The second-order valence-corrected chi connectivity index (χ2v) is 4.99. The van der Waals surface area contributed by atoms with Crippen molar-refractivity contribution in [1.29, 1.82) is 0 Å². The predicted octanol–water partition coefficient (Wildman–Crippen LogP) is 0.235. The lowest BCUT2D eigenvalue weighted by molar-refractivity contribution is -0.222. The van der Waals surface area contributed by atoms with E-state index in [0.29, 0.717) is 32.8 Å². The zero-order valence-electron chi connectivity index (χ0n) is 12.7. The van der Waals surface area contributed by atoms with Gasteiger partial charge in [0.05, 0.1) is 38.8 Å².